The van der Waals surface area contributed by atoms with Crippen molar-refractivity contribution >= 4 is 11.6 Å². The quantitative estimate of drug-likeness (QED) is 0.592. The smallest absolute Gasteiger partial charge is 0.251 e. The van der Waals surface area contributed by atoms with Gasteiger partial charge in [-0.2, -0.15) is 0 Å². The second kappa shape index (κ2) is 10.8. The Bertz CT molecular complexity index is 972. The van der Waals surface area contributed by atoms with Gasteiger partial charge in [0.2, 0.25) is 0 Å². The summed E-state index contributed by atoms with van der Waals surface area (Å²) >= 11 is 0. The maximum absolute atomic E-state index is 12.1. The van der Waals surface area contributed by atoms with E-state index in [2.05, 4.69) is 62.6 Å². The number of pyridine rings is 1. The van der Waals surface area contributed by atoms with Crippen LogP contribution in [0.25, 0.3) is 0 Å². The zero-order valence-corrected chi connectivity index (χ0v) is 18.5. The van der Waals surface area contributed by atoms with E-state index >= 15 is 0 Å². The van der Waals surface area contributed by atoms with Gasteiger partial charge in [0.1, 0.15) is 11.9 Å². The van der Waals surface area contributed by atoms with Crippen molar-refractivity contribution in [1.29, 1.82) is 0 Å². The fourth-order valence-corrected chi connectivity index (χ4v) is 3.85. The van der Waals surface area contributed by atoms with Crippen LogP contribution in [0.3, 0.4) is 0 Å². The Labute approximate surface area is 189 Å². The summed E-state index contributed by atoms with van der Waals surface area (Å²) < 4.78 is 5.96. The van der Waals surface area contributed by atoms with Crippen LogP contribution in [-0.4, -0.2) is 54.6 Å². The number of ether oxygens (including phenoxy) is 1. The molecule has 0 unspecified atom stereocenters. The van der Waals surface area contributed by atoms with Crippen molar-refractivity contribution < 1.29 is 9.53 Å². The molecule has 0 spiro atoms. The first-order valence-corrected chi connectivity index (χ1v) is 11.1. The molecule has 4 rings (SSSR count). The van der Waals surface area contributed by atoms with Crippen LogP contribution in [0.4, 0.5) is 5.69 Å². The van der Waals surface area contributed by atoms with Gasteiger partial charge in [-0.05, 0) is 48.9 Å². The average molecular weight is 431 g/mol. The Kier molecular flexibility index (Phi) is 7.35. The second-order valence-corrected chi connectivity index (χ2v) is 8.12. The molecule has 0 radical (unpaired) electrons. The third-order valence-corrected chi connectivity index (χ3v) is 5.65. The van der Waals surface area contributed by atoms with Gasteiger partial charge < -0.3 is 15.0 Å². The first kappa shape index (κ1) is 21.8. The Morgan fingerprint density at radius 2 is 1.66 bits per heavy atom. The predicted octanol–water partition coefficient (Wildman–Crippen LogP) is 3.60. The van der Waals surface area contributed by atoms with E-state index in [-0.39, 0.29) is 12.0 Å². The largest absolute Gasteiger partial charge is 0.489 e. The molecule has 32 heavy (non-hydrogen) atoms. The van der Waals surface area contributed by atoms with Gasteiger partial charge in [0, 0.05) is 56.4 Å². The lowest BCUT2D eigenvalue weighted by Gasteiger charge is -2.36. The highest BCUT2D eigenvalue weighted by Gasteiger charge is 2.17. The van der Waals surface area contributed by atoms with Gasteiger partial charge in [-0.3, -0.25) is 14.7 Å². The molecular weight excluding hydrogens is 400 g/mol. The minimum absolute atomic E-state index is 0.120. The van der Waals surface area contributed by atoms with Gasteiger partial charge in [-0.25, -0.2) is 0 Å². The summed E-state index contributed by atoms with van der Waals surface area (Å²) in [4.78, 5) is 21.0. The SMILES string of the molecule is C[C@H](CNC(=O)c1ccncc1)Oc1ccc(CN2CCN(c3ccccc3)CC2)cc1. The van der Waals surface area contributed by atoms with Gasteiger partial charge in [0.15, 0.2) is 0 Å². The van der Waals surface area contributed by atoms with Crippen LogP contribution in [0.5, 0.6) is 5.75 Å². The van der Waals surface area contributed by atoms with Crippen LogP contribution >= 0.6 is 0 Å². The molecule has 2 heterocycles. The lowest BCUT2D eigenvalue weighted by atomic mass is 10.2. The second-order valence-electron chi connectivity index (χ2n) is 8.12. The van der Waals surface area contributed by atoms with Crippen molar-refractivity contribution in [3.63, 3.8) is 0 Å². The molecule has 1 N–H and O–H groups in total. The third kappa shape index (κ3) is 6.08. The maximum Gasteiger partial charge on any atom is 0.251 e. The van der Waals surface area contributed by atoms with Gasteiger partial charge in [0.25, 0.3) is 5.91 Å². The van der Waals surface area contributed by atoms with Crippen molar-refractivity contribution in [2.75, 3.05) is 37.6 Å². The molecule has 1 aliphatic rings. The van der Waals surface area contributed by atoms with E-state index in [9.17, 15) is 4.79 Å². The summed E-state index contributed by atoms with van der Waals surface area (Å²) in [6.07, 6.45) is 3.09. The first-order valence-electron chi connectivity index (χ1n) is 11.1. The van der Waals surface area contributed by atoms with E-state index in [1.165, 1.54) is 11.3 Å². The van der Waals surface area contributed by atoms with E-state index < -0.39 is 0 Å². The number of hydrogen-bond acceptors (Lipinski definition) is 5. The molecule has 6 heteroatoms. The molecule has 1 aliphatic heterocycles. The molecule has 1 atom stereocenters. The van der Waals surface area contributed by atoms with Crippen molar-refractivity contribution in [2.24, 2.45) is 0 Å². The predicted molar refractivity (Wildman–Crippen MR) is 127 cm³/mol. The maximum atomic E-state index is 12.1. The van der Waals surface area contributed by atoms with Gasteiger partial charge in [-0.15, -0.1) is 0 Å². The number of hydrogen-bond donors (Lipinski definition) is 1. The third-order valence-electron chi connectivity index (χ3n) is 5.65. The topological polar surface area (TPSA) is 57.7 Å². The van der Waals surface area contributed by atoms with E-state index in [1.54, 1.807) is 24.5 Å². The molecule has 1 saturated heterocycles. The number of amides is 1. The highest BCUT2D eigenvalue weighted by atomic mass is 16.5. The first-order chi connectivity index (χ1) is 15.7. The van der Waals surface area contributed by atoms with Gasteiger partial charge in [-0.1, -0.05) is 30.3 Å². The number of carbonyl (C=O) groups is 1. The molecule has 1 fully saturated rings. The minimum atomic E-state index is -0.127. The summed E-state index contributed by atoms with van der Waals surface area (Å²) in [5.41, 5.74) is 3.19. The molecular formula is C26H30N4O2. The summed E-state index contributed by atoms with van der Waals surface area (Å²) in [7, 11) is 0. The number of benzene rings is 2. The molecule has 0 aliphatic carbocycles. The minimum Gasteiger partial charge on any atom is -0.489 e. The Hall–Kier alpha value is -3.38. The number of piperazine rings is 1. The standard InChI is InChI=1S/C26H30N4O2/c1-21(19-28-26(31)23-11-13-27-14-12-23)32-25-9-7-22(8-10-25)20-29-15-17-30(18-16-29)24-5-3-2-4-6-24/h2-14,21H,15-20H2,1H3,(H,28,31)/t21-/m1/s1. The van der Waals surface area contributed by atoms with Crippen LogP contribution < -0.4 is 15.0 Å². The fraction of sp³-hybridized carbons (Fsp3) is 0.308. The molecule has 166 valence electrons. The van der Waals surface area contributed by atoms with E-state index in [1.807, 2.05) is 19.1 Å². The normalized spacial score (nSPS) is 15.2. The zero-order chi connectivity index (χ0) is 22.2. The summed E-state index contributed by atoms with van der Waals surface area (Å²) in [6.45, 7) is 7.55. The Morgan fingerprint density at radius 3 is 2.34 bits per heavy atom. The van der Waals surface area contributed by atoms with Crippen LogP contribution in [0, 0.1) is 0 Å². The van der Waals surface area contributed by atoms with Crippen molar-refractivity contribution in [2.45, 2.75) is 19.6 Å². The van der Waals surface area contributed by atoms with E-state index in [4.69, 9.17) is 4.74 Å². The van der Waals surface area contributed by atoms with Gasteiger partial charge >= 0.3 is 0 Å². The molecule has 1 amide bonds. The molecule has 1 aromatic heterocycles. The summed E-state index contributed by atoms with van der Waals surface area (Å²) in [5, 5.41) is 2.90. The molecule has 0 bridgehead atoms. The van der Waals surface area contributed by atoms with Crippen LogP contribution in [0.15, 0.2) is 79.1 Å². The van der Waals surface area contributed by atoms with Crippen molar-refractivity contribution in [3.8, 4) is 5.75 Å². The van der Waals surface area contributed by atoms with Crippen molar-refractivity contribution in [1.82, 2.24) is 15.2 Å². The Balaban J connectivity index is 1.20. The van der Waals surface area contributed by atoms with Crippen LogP contribution in [-0.2, 0) is 6.54 Å². The number of aromatic nitrogens is 1. The van der Waals surface area contributed by atoms with E-state index in [0.29, 0.717) is 12.1 Å². The number of nitrogens with zero attached hydrogens (tertiary/aromatic N) is 3. The number of anilines is 1. The number of rotatable bonds is 8. The molecule has 2 aromatic carbocycles. The number of para-hydroxylation sites is 1. The lowest BCUT2D eigenvalue weighted by Crippen LogP contribution is -2.45. The average Bonchev–Trinajstić information content (AvgIpc) is 2.85. The fourth-order valence-electron chi connectivity index (χ4n) is 3.85. The molecule has 0 saturated carbocycles. The zero-order valence-electron chi connectivity index (χ0n) is 18.5. The highest BCUT2D eigenvalue weighted by molar-refractivity contribution is 5.93. The van der Waals surface area contributed by atoms with Crippen LogP contribution in [0.1, 0.15) is 22.8 Å². The Morgan fingerprint density at radius 1 is 0.969 bits per heavy atom. The van der Waals surface area contributed by atoms with Crippen LogP contribution in [0.2, 0.25) is 0 Å². The lowest BCUT2D eigenvalue weighted by molar-refractivity contribution is 0.0932. The van der Waals surface area contributed by atoms with Gasteiger partial charge in [0.05, 0.1) is 6.54 Å². The number of carbonyl (C=O) groups excluding carboxylic acids is 1. The molecule has 3 aromatic rings. The number of nitrogens with one attached hydrogen (secondary N) is 1. The summed E-state index contributed by atoms with van der Waals surface area (Å²) in [5.74, 6) is 0.693. The van der Waals surface area contributed by atoms with E-state index in [0.717, 1.165) is 38.5 Å². The van der Waals surface area contributed by atoms with Crippen molar-refractivity contribution in [3.05, 3.63) is 90.3 Å². The summed E-state index contributed by atoms with van der Waals surface area (Å²) in [6, 6.07) is 22.3. The monoisotopic (exact) mass is 430 g/mol. The highest BCUT2D eigenvalue weighted by Crippen LogP contribution is 2.18. The molecule has 6 nitrogen and oxygen atoms in total.